The first-order valence-electron chi connectivity index (χ1n) is 12.9. The molecule has 0 saturated heterocycles. The number of nitrogens with one attached hydrogen (secondary N) is 2. The van der Waals surface area contributed by atoms with Gasteiger partial charge in [-0.3, -0.25) is 4.79 Å². The molecule has 38 heavy (non-hydrogen) atoms. The number of hydrogen-bond acceptors (Lipinski definition) is 4. The summed E-state index contributed by atoms with van der Waals surface area (Å²) in [6, 6.07) is 11.3. The third-order valence-corrected chi connectivity index (χ3v) is 9.25. The second kappa shape index (κ2) is 10.5. The third kappa shape index (κ3) is 6.69. The van der Waals surface area contributed by atoms with Gasteiger partial charge < -0.3 is 10.1 Å². The fraction of sp³-hybridized carbons (Fsp3) is 0.536. The van der Waals surface area contributed by atoms with Crippen LogP contribution in [0, 0.1) is 18.8 Å². The highest BCUT2D eigenvalue weighted by Gasteiger charge is 2.47. The van der Waals surface area contributed by atoms with Gasteiger partial charge in [0.1, 0.15) is 5.75 Å². The van der Waals surface area contributed by atoms with Gasteiger partial charge in [0, 0.05) is 12.1 Å². The summed E-state index contributed by atoms with van der Waals surface area (Å²) in [4.78, 5) is 13.1. The second-order valence-electron chi connectivity index (χ2n) is 11.3. The molecule has 2 aliphatic rings. The van der Waals surface area contributed by atoms with Gasteiger partial charge in [-0.05, 0) is 101 Å². The first kappa shape index (κ1) is 28.4. The zero-order valence-corrected chi connectivity index (χ0v) is 22.7. The van der Waals surface area contributed by atoms with Crippen LogP contribution in [0.25, 0.3) is 0 Å². The van der Waals surface area contributed by atoms with Crippen LogP contribution >= 0.6 is 0 Å². The summed E-state index contributed by atoms with van der Waals surface area (Å²) >= 11 is 0. The van der Waals surface area contributed by atoms with Crippen molar-refractivity contribution >= 4 is 15.9 Å². The maximum atomic E-state index is 13.1. The summed E-state index contributed by atoms with van der Waals surface area (Å²) in [5.74, 6) is 0.214. The zero-order valence-electron chi connectivity index (χ0n) is 21.9. The van der Waals surface area contributed by atoms with Crippen LogP contribution in [-0.2, 0) is 21.0 Å². The molecule has 2 fully saturated rings. The number of benzene rings is 2. The molecule has 0 aromatic heterocycles. The highest BCUT2D eigenvalue weighted by atomic mass is 32.2. The van der Waals surface area contributed by atoms with E-state index in [4.69, 9.17) is 4.74 Å². The number of carbonyl (C=O) groups is 1. The number of aryl methyl sites for hydroxylation is 1. The van der Waals surface area contributed by atoms with Crippen LogP contribution in [0.1, 0.15) is 63.5 Å². The van der Waals surface area contributed by atoms with E-state index in [1.54, 1.807) is 24.3 Å². The molecular weight excluding hydrogens is 517 g/mol. The monoisotopic (exact) mass is 552 g/mol. The Bertz CT molecular complexity index is 1260. The molecule has 4 rings (SSSR count). The minimum atomic E-state index is -4.50. The van der Waals surface area contributed by atoms with Crippen molar-refractivity contribution in [2.45, 2.75) is 81.5 Å². The normalized spacial score (nSPS) is 23.7. The predicted molar refractivity (Wildman–Crippen MR) is 138 cm³/mol. The largest absolute Gasteiger partial charge is 0.478 e. The van der Waals surface area contributed by atoms with Gasteiger partial charge in [-0.15, -0.1) is 0 Å². The first-order chi connectivity index (χ1) is 17.7. The number of hydrogen-bond donors (Lipinski definition) is 2. The number of amides is 1. The maximum absolute atomic E-state index is 13.1. The number of alkyl halides is 3. The average molecular weight is 553 g/mol. The molecule has 0 aliphatic heterocycles. The fourth-order valence-corrected chi connectivity index (χ4v) is 7.28. The number of carbonyl (C=O) groups excluding carboxylic acids is 1. The Morgan fingerprint density at radius 1 is 1.11 bits per heavy atom. The van der Waals surface area contributed by atoms with Gasteiger partial charge >= 0.3 is 6.18 Å². The number of rotatable bonds is 9. The van der Waals surface area contributed by atoms with Crippen LogP contribution in [-0.4, -0.2) is 32.0 Å². The van der Waals surface area contributed by atoms with Crippen LogP contribution in [0.5, 0.6) is 5.75 Å². The Kier molecular flexibility index (Phi) is 7.87. The van der Waals surface area contributed by atoms with E-state index >= 15 is 0 Å². The molecule has 6 nitrogen and oxygen atoms in total. The van der Waals surface area contributed by atoms with E-state index in [-0.39, 0.29) is 16.6 Å². The third-order valence-electron chi connectivity index (χ3n) is 7.66. The summed E-state index contributed by atoms with van der Waals surface area (Å²) < 4.78 is 73.9. The van der Waals surface area contributed by atoms with Crippen molar-refractivity contribution < 1.29 is 31.1 Å². The molecule has 208 valence electrons. The van der Waals surface area contributed by atoms with E-state index in [1.807, 2.05) is 6.92 Å². The predicted octanol–water partition coefficient (Wildman–Crippen LogP) is 5.60. The van der Waals surface area contributed by atoms with Gasteiger partial charge in [0.2, 0.25) is 10.0 Å². The van der Waals surface area contributed by atoms with Crippen LogP contribution in [0.15, 0.2) is 53.4 Å². The van der Waals surface area contributed by atoms with E-state index in [2.05, 4.69) is 10.0 Å². The van der Waals surface area contributed by atoms with Gasteiger partial charge in [-0.2, -0.15) is 13.2 Å². The highest BCUT2D eigenvalue weighted by molar-refractivity contribution is 7.89. The van der Waals surface area contributed by atoms with Crippen LogP contribution in [0.3, 0.4) is 0 Å². The van der Waals surface area contributed by atoms with E-state index in [0.29, 0.717) is 25.3 Å². The minimum Gasteiger partial charge on any atom is -0.478 e. The summed E-state index contributed by atoms with van der Waals surface area (Å²) in [5.41, 5.74) is -1.70. The number of fused-ring (bicyclic) bond motifs is 2. The van der Waals surface area contributed by atoms with Crippen molar-refractivity contribution in [3.05, 3.63) is 59.7 Å². The Morgan fingerprint density at radius 3 is 2.50 bits per heavy atom. The maximum Gasteiger partial charge on any atom is 0.416 e. The molecule has 2 saturated carbocycles. The lowest BCUT2D eigenvalue weighted by molar-refractivity contribution is -0.137. The number of ether oxygens (including phenoxy) is 1. The van der Waals surface area contributed by atoms with Crippen molar-refractivity contribution in [2.24, 2.45) is 11.8 Å². The Labute approximate surface area is 222 Å². The molecule has 2 N–H and O–H groups in total. The highest BCUT2D eigenvalue weighted by Crippen LogP contribution is 2.49. The molecular formula is C28H35F3N2O4S. The molecule has 2 aromatic rings. The van der Waals surface area contributed by atoms with Gasteiger partial charge in [0.15, 0.2) is 5.60 Å². The second-order valence-corrected chi connectivity index (χ2v) is 13.0. The molecule has 2 aromatic carbocycles. The molecule has 0 spiro atoms. The van der Waals surface area contributed by atoms with E-state index < -0.39 is 38.8 Å². The number of sulfonamides is 1. The average Bonchev–Trinajstić information content (AvgIpc) is 3.11. The minimum absolute atomic E-state index is 0.0355. The van der Waals surface area contributed by atoms with Crippen molar-refractivity contribution in [1.82, 2.24) is 10.0 Å². The fourth-order valence-electron chi connectivity index (χ4n) is 5.83. The summed E-state index contributed by atoms with van der Waals surface area (Å²) in [6.07, 6.45) is 0.439. The molecule has 1 unspecified atom stereocenters. The van der Waals surface area contributed by atoms with Gasteiger partial charge in [-0.1, -0.05) is 23.8 Å². The van der Waals surface area contributed by atoms with Crippen LogP contribution in [0.2, 0.25) is 0 Å². The molecule has 1 amide bonds. The van der Waals surface area contributed by atoms with Crippen LogP contribution < -0.4 is 14.8 Å². The summed E-state index contributed by atoms with van der Waals surface area (Å²) in [6.45, 7) is 5.30. The topological polar surface area (TPSA) is 84.5 Å². The van der Waals surface area contributed by atoms with E-state index in [1.165, 1.54) is 26.0 Å². The van der Waals surface area contributed by atoms with Crippen molar-refractivity contribution in [3.63, 3.8) is 0 Å². The first-order valence-corrected chi connectivity index (χ1v) is 14.4. The lowest BCUT2D eigenvalue weighted by atomic mass is 9.75. The van der Waals surface area contributed by atoms with E-state index in [0.717, 1.165) is 43.4 Å². The van der Waals surface area contributed by atoms with Crippen molar-refractivity contribution in [3.8, 4) is 5.75 Å². The molecule has 2 aliphatic carbocycles. The Morgan fingerprint density at radius 2 is 1.82 bits per heavy atom. The van der Waals surface area contributed by atoms with E-state index in [9.17, 15) is 26.4 Å². The smallest absolute Gasteiger partial charge is 0.416 e. The Hall–Kier alpha value is -2.59. The standard InChI is InChI=1S/C28H35F3N2O4S/c1-19-7-9-24(10-8-19)38(35,36)33-27-13-11-20(17-27)15-21(18-27)12-14-32-25(34)26(2,3)37-23-6-4-5-22(16-23)28(29,30)31/h4-10,16,20-21,33H,11-15,17-18H2,1-3H3,(H,32,34)/t20-,21?,27-/m0/s1. The molecule has 2 bridgehead atoms. The number of halogens is 3. The zero-order chi connectivity index (χ0) is 27.8. The summed E-state index contributed by atoms with van der Waals surface area (Å²) in [7, 11) is -3.65. The quantitative estimate of drug-likeness (QED) is 0.424. The molecule has 10 heteroatoms. The van der Waals surface area contributed by atoms with Gasteiger partial charge in [0.25, 0.3) is 5.91 Å². The summed E-state index contributed by atoms with van der Waals surface area (Å²) in [5, 5.41) is 2.85. The van der Waals surface area contributed by atoms with Crippen molar-refractivity contribution in [2.75, 3.05) is 6.54 Å². The lowest BCUT2D eigenvalue weighted by Crippen LogP contribution is -2.50. The van der Waals surface area contributed by atoms with Crippen LogP contribution in [0.4, 0.5) is 13.2 Å². The van der Waals surface area contributed by atoms with Gasteiger partial charge in [-0.25, -0.2) is 13.1 Å². The SMILES string of the molecule is Cc1ccc(S(=O)(=O)N[C@]23CC[C@@H](CC(CCNC(=O)C(C)(C)Oc4cccc(C(F)(F)F)c4)C2)C3)cc1. The lowest BCUT2D eigenvalue weighted by Gasteiger charge is -2.38. The van der Waals surface area contributed by atoms with Gasteiger partial charge in [0.05, 0.1) is 10.5 Å². The van der Waals surface area contributed by atoms with Crippen molar-refractivity contribution in [1.29, 1.82) is 0 Å². The Balaban J connectivity index is 1.32. The molecule has 0 radical (unpaired) electrons. The molecule has 3 atom stereocenters. The molecule has 0 heterocycles.